The zero-order valence-electron chi connectivity index (χ0n) is 62.2. The largest absolute Gasteiger partial charge is 0.481 e. The SMILES string of the molecule is CCC(C)C1NC(=O)C(CCC(=O)O)NC(=O)C(CO)NC(=O)CNC(=O)C(CC(=O)O)NC(=O)C(CO)NC(=O)C(CC(=O)O)NC(=O)C(CCCN)NC(=O)CNC(=O)C(NC(=O)C(CC(=O)O)NC(=O)C(CC(N)=O)NC(=O)C(Cc2c[nH]c3ccccc23)NC(=O)CCCCCCCCC(C)C)C(C)OC1=O. The van der Waals surface area contributed by atoms with Crippen molar-refractivity contribution in [2.45, 2.75) is 223 Å². The fraction of sp³-hybridized carbons (Fsp3) is 0.609. The normalized spacial score (nSPS) is 21.6. The lowest BCUT2D eigenvalue weighted by Gasteiger charge is -2.30. The Balaban J connectivity index is 2.18. The molecule has 0 saturated carbocycles. The Bertz CT molecular complexity index is 3630. The van der Waals surface area contributed by atoms with Crippen molar-refractivity contribution in [3.63, 3.8) is 0 Å². The van der Waals surface area contributed by atoms with Crippen molar-refractivity contribution in [2.75, 3.05) is 32.8 Å². The molecule has 2 heterocycles. The first kappa shape index (κ1) is 93.8. The number of benzene rings is 1. The quantitative estimate of drug-likeness (QED) is 0.0223. The standard InChI is InChI=1S/C69H104N16O26/c1-6-35(4)57-69(110)111-36(5)58(85-65(106)46(28-56(98)99)82-63(104)43(25-49(71)88)79-62(103)42(24-37-29-72-39-18-14-13-17-38(37)39)76-50(89)20-12-10-8-7-9-11-16-34(2)3)68(109)74-31-51(90)75-40(19-15-23-70)60(101)81-45(27-55(96)97)64(105)83-48(33-87)67(108)80-44(26-54(94)95)59(100)73-30-52(91)77-47(32-86)66(107)78-41(61(102)84-57)21-22-53(92)93/h13-14,17-18,29,34-36,40-48,57-58,72,86-87H,6-12,15-16,19-28,30-33,70H2,1-5H3,(H2,71,88)(H,73,100)(H,74,109)(H,75,90)(H,76,89)(H,77,91)(H,78,107)(H,79,103)(H,80,108)(H,81,101)(H,82,104)(H,83,105)(H,84,102)(H,85,106)(H,92,93)(H,94,95)(H,96,97)(H,98,99). The van der Waals surface area contributed by atoms with E-state index in [0.29, 0.717) is 35.2 Å². The van der Waals surface area contributed by atoms with Gasteiger partial charge in [0.1, 0.15) is 72.6 Å². The zero-order valence-corrected chi connectivity index (χ0v) is 62.2. The zero-order chi connectivity index (χ0) is 83.2. The van der Waals surface area contributed by atoms with Crippen molar-refractivity contribution in [1.29, 1.82) is 0 Å². The molecule has 1 aromatic heterocycles. The summed E-state index contributed by atoms with van der Waals surface area (Å²) in [6.07, 6.45) is -1.49. The summed E-state index contributed by atoms with van der Waals surface area (Å²) < 4.78 is 5.69. The van der Waals surface area contributed by atoms with E-state index >= 15 is 0 Å². The molecule has 1 aliphatic heterocycles. The summed E-state index contributed by atoms with van der Waals surface area (Å²) in [6, 6.07) is -15.2. The van der Waals surface area contributed by atoms with Crippen molar-refractivity contribution in [2.24, 2.45) is 23.3 Å². The third kappa shape index (κ3) is 33.9. The van der Waals surface area contributed by atoms with Crippen molar-refractivity contribution in [1.82, 2.24) is 74.1 Å². The van der Waals surface area contributed by atoms with Gasteiger partial charge in [-0.2, -0.15) is 0 Å². The highest BCUT2D eigenvalue weighted by molar-refractivity contribution is 6.02. The number of cyclic esters (lactones) is 1. The lowest BCUT2D eigenvalue weighted by Crippen LogP contribution is -2.62. The van der Waals surface area contributed by atoms with Crippen LogP contribution in [0.5, 0.6) is 0 Å². The van der Waals surface area contributed by atoms with Crippen molar-refractivity contribution in [3.8, 4) is 0 Å². The highest BCUT2D eigenvalue weighted by atomic mass is 16.5. The number of carboxylic acids is 4. The second-order valence-electron chi connectivity index (χ2n) is 27.0. The number of carbonyl (C=O) groups is 19. The molecular formula is C69H104N16O26. The van der Waals surface area contributed by atoms with Crippen LogP contribution in [-0.2, 0) is 102 Å². The van der Waals surface area contributed by atoms with Gasteiger partial charge in [-0.3, -0.25) is 86.3 Å². The van der Waals surface area contributed by atoms with Crippen LogP contribution in [0.2, 0.25) is 0 Å². The van der Waals surface area contributed by atoms with Gasteiger partial charge in [0, 0.05) is 36.4 Å². The number of primary amides is 1. The molecule has 3 rings (SSSR count). The molecule has 2 aromatic rings. The number of carboxylic acid groups (broad SMARTS) is 4. The molecule has 24 N–H and O–H groups in total. The minimum Gasteiger partial charge on any atom is -0.481 e. The summed E-state index contributed by atoms with van der Waals surface area (Å²) in [5, 5.41) is 88.3. The Labute approximate surface area is 636 Å². The van der Waals surface area contributed by atoms with E-state index in [4.69, 9.17) is 16.2 Å². The number of H-pyrrole nitrogens is 1. The number of unbranched alkanes of at least 4 members (excludes halogenated alkanes) is 5. The average molecular weight is 1570 g/mol. The summed E-state index contributed by atoms with van der Waals surface area (Å²) in [6.45, 7) is 2.99. The molecular weight excluding hydrogens is 1470 g/mol. The van der Waals surface area contributed by atoms with Gasteiger partial charge in [-0.05, 0) is 62.6 Å². The predicted octanol–water partition coefficient (Wildman–Crippen LogP) is -6.07. The maximum Gasteiger partial charge on any atom is 0.329 e. The second-order valence-corrected chi connectivity index (χ2v) is 27.0. The minimum atomic E-state index is -2.33. The number of nitrogens with two attached hydrogens (primary N) is 2. The number of para-hydroxylation sites is 1. The monoisotopic (exact) mass is 1570 g/mol. The number of nitrogens with one attached hydrogen (secondary N) is 14. The number of aliphatic hydroxyl groups is 2. The van der Waals surface area contributed by atoms with Crippen molar-refractivity contribution < 1.29 is 126 Å². The number of rotatable bonds is 36. The molecule has 1 aromatic carbocycles. The van der Waals surface area contributed by atoms with E-state index < -0.39 is 262 Å². The van der Waals surface area contributed by atoms with Gasteiger partial charge in [0.15, 0.2) is 0 Å². The highest BCUT2D eigenvalue weighted by Crippen LogP contribution is 2.21. The molecule has 616 valence electrons. The first-order valence-electron chi connectivity index (χ1n) is 36.1. The molecule has 0 bridgehead atoms. The number of ether oxygens (including phenoxy) is 1. The van der Waals surface area contributed by atoms with Crippen molar-refractivity contribution >= 4 is 123 Å². The van der Waals surface area contributed by atoms with Crippen LogP contribution in [0.4, 0.5) is 0 Å². The van der Waals surface area contributed by atoms with Crippen LogP contribution >= 0.6 is 0 Å². The summed E-state index contributed by atoms with van der Waals surface area (Å²) >= 11 is 0. The molecule has 1 saturated heterocycles. The third-order valence-corrected chi connectivity index (χ3v) is 17.5. The van der Waals surface area contributed by atoms with Crippen LogP contribution in [0, 0.1) is 11.8 Å². The van der Waals surface area contributed by atoms with Gasteiger partial charge in [0.2, 0.25) is 82.7 Å². The average Bonchev–Trinajstić information content (AvgIpc) is 1.80. The Hall–Kier alpha value is -11.4. The van der Waals surface area contributed by atoms with E-state index in [1.807, 2.05) is 21.3 Å². The predicted molar refractivity (Wildman–Crippen MR) is 386 cm³/mol. The van der Waals surface area contributed by atoms with Crippen LogP contribution in [0.25, 0.3) is 10.9 Å². The number of aromatic nitrogens is 1. The molecule has 13 unspecified atom stereocenters. The third-order valence-electron chi connectivity index (χ3n) is 17.5. The maximum atomic E-state index is 14.6. The first-order chi connectivity index (χ1) is 52.4. The molecule has 42 nitrogen and oxygen atoms in total. The van der Waals surface area contributed by atoms with E-state index in [9.17, 15) is 122 Å². The van der Waals surface area contributed by atoms with Crippen LogP contribution in [0.15, 0.2) is 30.5 Å². The molecule has 0 radical (unpaired) electrons. The summed E-state index contributed by atoms with van der Waals surface area (Å²) in [5.74, 6) is -27.1. The lowest BCUT2D eigenvalue weighted by molar-refractivity contribution is -0.157. The van der Waals surface area contributed by atoms with Crippen LogP contribution in [0.1, 0.15) is 149 Å². The minimum absolute atomic E-state index is 0.00189. The smallest absolute Gasteiger partial charge is 0.329 e. The van der Waals surface area contributed by atoms with E-state index in [1.54, 1.807) is 30.5 Å². The number of amides is 14. The number of aromatic amines is 1. The lowest BCUT2D eigenvalue weighted by atomic mass is 9.98. The number of fused-ring (bicyclic) bond motifs is 1. The number of aliphatic carboxylic acids is 4. The van der Waals surface area contributed by atoms with Gasteiger partial charge < -0.3 is 121 Å². The Kier molecular flexibility index (Phi) is 40.7. The molecule has 0 spiro atoms. The highest BCUT2D eigenvalue weighted by Gasteiger charge is 2.41. The number of aliphatic hydroxyl groups excluding tert-OH is 2. The number of carbonyl (C=O) groups excluding carboxylic acids is 15. The van der Waals surface area contributed by atoms with Crippen molar-refractivity contribution in [3.05, 3.63) is 36.0 Å². The molecule has 0 aliphatic carbocycles. The molecule has 111 heavy (non-hydrogen) atoms. The Morgan fingerprint density at radius 1 is 0.541 bits per heavy atom. The number of esters is 1. The molecule has 14 amide bonds. The fourth-order valence-electron chi connectivity index (χ4n) is 11.2. The fourth-order valence-corrected chi connectivity index (χ4v) is 11.2. The molecule has 13 atom stereocenters. The first-order valence-corrected chi connectivity index (χ1v) is 36.1. The van der Waals surface area contributed by atoms with Gasteiger partial charge >= 0.3 is 29.8 Å². The van der Waals surface area contributed by atoms with Crippen LogP contribution < -0.4 is 80.6 Å². The number of hydrogen-bond acceptors (Lipinski definition) is 23. The van der Waals surface area contributed by atoms with Gasteiger partial charge in [0.05, 0.1) is 52.0 Å². The summed E-state index contributed by atoms with van der Waals surface area (Å²) in [5.41, 5.74) is 12.5. The van der Waals surface area contributed by atoms with E-state index in [0.717, 1.165) is 39.0 Å². The van der Waals surface area contributed by atoms with Gasteiger partial charge in [-0.15, -0.1) is 0 Å². The molecule has 42 heteroatoms. The van der Waals surface area contributed by atoms with E-state index in [-0.39, 0.29) is 32.2 Å². The summed E-state index contributed by atoms with van der Waals surface area (Å²) in [7, 11) is 0. The topological polar surface area (TPSA) is 679 Å². The van der Waals surface area contributed by atoms with Gasteiger partial charge in [0.25, 0.3) is 0 Å². The van der Waals surface area contributed by atoms with E-state index in [1.165, 1.54) is 13.8 Å². The molecule has 1 fully saturated rings. The van der Waals surface area contributed by atoms with Gasteiger partial charge in [-0.1, -0.05) is 90.8 Å². The maximum absolute atomic E-state index is 14.6. The van der Waals surface area contributed by atoms with Gasteiger partial charge in [-0.25, -0.2) is 4.79 Å². The van der Waals surface area contributed by atoms with Crippen LogP contribution in [0.3, 0.4) is 0 Å². The second kappa shape index (κ2) is 48.2. The van der Waals surface area contributed by atoms with E-state index in [2.05, 4.69) is 66.7 Å². The molecule has 1 aliphatic rings. The Morgan fingerprint density at radius 3 is 1.59 bits per heavy atom. The van der Waals surface area contributed by atoms with Crippen LogP contribution in [-0.4, -0.2) is 254 Å². The Morgan fingerprint density at radius 2 is 1.04 bits per heavy atom. The number of hydrogen-bond donors (Lipinski definition) is 22. The summed E-state index contributed by atoms with van der Waals surface area (Å²) in [4.78, 5) is 260.